The molecule has 2 heterocycles. The zero-order chi connectivity index (χ0) is 13.4. The molecule has 2 aliphatic rings. The van der Waals surface area contributed by atoms with Crippen molar-refractivity contribution in [2.75, 3.05) is 26.2 Å². The van der Waals surface area contributed by atoms with E-state index >= 15 is 0 Å². The number of carbonyl (C=O) groups excluding carboxylic acids is 1. The van der Waals surface area contributed by atoms with E-state index < -0.39 is 5.60 Å². The highest BCUT2D eigenvalue weighted by Gasteiger charge is 2.48. The molecular weight excluding hydrogens is 268 g/mol. The summed E-state index contributed by atoms with van der Waals surface area (Å²) in [5, 5.41) is 0. The van der Waals surface area contributed by atoms with Gasteiger partial charge in [0.15, 0.2) is 0 Å². The van der Waals surface area contributed by atoms with E-state index in [9.17, 15) is 4.79 Å². The number of nitrogens with two attached hydrogens (primary N) is 1. The van der Waals surface area contributed by atoms with E-state index in [1.54, 1.807) is 4.90 Å². The maximum atomic E-state index is 11.9. The predicted octanol–water partition coefficient (Wildman–Crippen LogP) is 1.78. The van der Waals surface area contributed by atoms with Crippen LogP contribution in [-0.2, 0) is 9.47 Å². The molecule has 5 nitrogen and oxygen atoms in total. The molecule has 0 aromatic heterocycles. The number of rotatable bonds is 1. The van der Waals surface area contributed by atoms with Crippen LogP contribution >= 0.6 is 12.4 Å². The maximum absolute atomic E-state index is 11.9. The predicted molar refractivity (Wildman–Crippen MR) is 75.5 cm³/mol. The van der Waals surface area contributed by atoms with Crippen molar-refractivity contribution in [3.63, 3.8) is 0 Å². The molecule has 2 rings (SSSR count). The minimum Gasteiger partial charge on any atom is -0.444 e. The molecule has 2 saturated heterocycles. The lowest BCUT2D eigenvalue weighted by atomic mass is 9.71. The van der Waals surface area contributed by atoms with Crippen LogP contribution in [-0.4, -0.2) is 48.9 Å². The van der Waals surface area contributed by atoms with Crippen molar-refractivity contribution in [2.45, 2.75) is 45.3 Å². The molecule has 2 N–H and O–H groups in total. The topological polar surface area (TPSA) is 64.8 Å². The van der Waals surface area contributed by atoms with Crippen LogP contribution < -0.4 is 5.73 Å². The lowest BCUT2D eigenvalue weighted by molar-refractivity contribution is -0.111. The van der Waals surface area contributed by atoms with Crippen LogP contribution in [0.15, 0.2) is 0 Å². The van der Waals surface area contributed by atoms with Gasteiger partial charge in [-0.25, -0.2) is 4.79 Å². The van der Waals surface area contributed by atoms with Crippen molar-refractivity contribution in [1.82, 2.24) is 4.90 Å². The zero-order valence-corrected chi connectivity index (χ0v) is 12.8. The van der Waals surface area contributed by atoms with Gasteiger partial charge in [-0.2, -0.15) is 0 Å². The Labute approximate surface area is 121 Å². The average Bonchev–Trinajstić information content (AvgIpc) is 2.23. The summed E-state index contributed by atoms with van der Waals surface area (Å²) in [5.41, 5.74) is 5.45. The summed E-state index contributed by atoms with van der Waals surface area (Å²) in [4.78, 5) is 13.6. The molecule has 1 atom stereocenters. The first-order valence-corrected chi connectivity index (χ1v) is 6.63. The minimum atomic E-state index is -0.421. The molecule has 19 heavy (non-hydrogen) atoms. The summed E-state index contributed by atoms with van der Waals surface area (Å²) in [7, 11) is 0. The number of ether oxygens (including phenoxy) is 2. The lowest BCUT2D eigenvalue weighted by Crippen LogP contribution is -2.62. The SMILES string of the molecule is CC(C)(C)OC(=O)N1CC2(CCOC(CN)C2)C1.Cl. The fraction of sp³-hybridized carbons (Fsp3) is 0.923. The van der Waals surface area contributed by atoms with Crippen LogP contribution in [0.2, 0.25) is 0 Å². The Bertz CT molecular complexity index is 324. The van der Waals surface area contributed by atoms with E-state index in [-0.39, 0.29) is 30.0 Å². The number of carbonyl (C=O) groups is 1. The van der Waals surface area contributed by atoms with Crippen LogP contribution in [0.25, 0.3) is 0 Å². The Morgan fingerprint density at radius 2 is 2.11 bits per heavy atom. The Morgan fingerprint density at radius 3 is 2.63 bits per heavy atom. The number of amides is 1. The Kier molecular flexibility index (Phi) is 5.09. The van der Waals surface area contributed by atoms with Gasteiger partial charge in [-0.3, -0.25) is 0 Å². The minimum absolute atomic E-state index is 0. The van der Waals surface area contributed by atoms with Gasteiger partial charge in [-0.15, -0.1) is 12.4 Å². The number of likely N-dealkylation sites (tertiary alicyclic amines) is 1. The summed E-state index contributed by atoms with van der Waals surface area (Å²) < 4.78 is 10.9. The third-order valence-corrected chi connectivity index (χ3v) is 3.61. The van der Waals surface area contributed by atoms with Gasteiger partial charge >= 0.3 is 6.09 Å². The monoisotopic (exact) mass is 292 g/mol. The molecule has 1 spiro atoms. The van der Waals surface area contributed by atoms with E-state index in [4.69, 9.17) is 15.2 Å². The first kappa shape index (κ1) is 16.5. The van der Waals surface area contributed by atoms with Crippen molar-refractivity contribution in [3.8, 4) is 0 Å². The molecule has 112 valence electrons. The largest absolute Gasteiger partial charge is 0.444 e. The molecule has 0 aromatic carbocycles. The highest BCUT2D eigenvalue weighted by Crippen LogP contribution is 2.42. The van der Waals surface area contributed by atoms with Crippen LogP contribution in [0.1, 0.15) is 33.6 Å². The third kappa shape index (κ3) is 3.97. The van der Waals surface area contributed by atoms with Gasteiger partial charge in [-0.05, 0) is 33.6 Å². The van der Waals surface area contributed by atoms with Gasteiger partial charge in [-0.1, -0.05) is 0 Å². The van der Waals surface area contributed by atoms with E-state index in [1.807, 2.05) is 20.8 Å². The second-order valence-corrected chi connectivity index (χ2v) is 6.52. The fourth-order valence-electron chi connectivity index (χ4n) is 2.74. The first-order valence-electron chi connectivity index (χ1n) is 6.63. The highest BCUT2D eigenvalue weighted by molar-refractivity contribution is 5.85. The van der Waals surface area contributed by atoms with E-state index in [0.29, 0.717) is 6.54 Å². The Balaban J connectivity index is 0.00000180. The molecular formula is C13H25ClN2O3. The number of halogens is 1. The summed E-state index contributed by atoms with van der Waals surface area (Å²) in [6, 6.07) is 0. The molecule has 1 unspecified atom stereocenters. The molecule has 2 aliphatic heterocycles. The highest BCUT2D eigenvalue weighted by atomic mass is 35.5. The second kappa shape index (κ2) is 5.85. The van der Waals surface area contributed by atoms with Gasteiger partial charge in [0.1, 0.15) is 5.60 Å². The summed E-state index contributed by atoms with van der Waals surface area (Å²) in [6.07, 6.45) is 1.93. The van der Waals surface area contributed by atoms with Crippen molar-refractivity contribution >= 4 is 18.5 Å². The molecule has 1 amide bonds. The maximum Gasteiger partial charge on any atom is 0.410 e. The number of hydrogen-bond donors (Lipinski definition) is 1. The quantitative estimate of drug-likeness (QED) is 0.800. The van der Waals surface area contributed by atoms with E-state index in [0.717, 1.165) is 32.5 Å². The lowest BCUT2D eigenvalue weighted by Gasteiger charge is -2.53. The summed E-state index contributed by atoms with van der Waals surface area (Å²) in [6.45, 7) is 8.54. The third-order valence-electron chi connectivity index (χ3n) is 3.61. The number of hydrogen-bond acceptors (Lipinski definition) is 4. The standard InChI is InChI=1S/C13H24N2O3.ClH/c1-12(2,3)18-11(16)15-8-13(9-15)4-5-17-10(6-13)7-14;/h10H,4-9,14H2,1-3H3;1H. The van der Waals surface area contributed by atoms with Crippen LogP contribution in [0, 0.1) is 5.41 Å². The Morgan fingerprint density at radius 1 is 1.47 bits per heavy atom. The van der Waals surface area contributed by atoms with E-state index in [1.165, 1.54) is 0 Å². The van der Waals surface area contributed by atoms with Gasteiger partial charge < -0.3 is 20.1 Å². The summed E-state index contributed by atoms with van der Waals surface area (Å²) >= 11 is 0. The molecule has 0 radical (unpaired) electrons. The van der Waals surface area contributed by atoms with Crippen LogP contribution in [0.4, 0.5) is 4.79 Å². The first-order chi connectivity index (χ1) is 8.34. The number of nitrogens with zero attached hydrogens (tertiary/aromatic N) is 1. The van der Waals surface area contributed by atoms with Crippen molar-refractivity contribution in [3.05, 3.63) is 0 Å². The smallest absolute Gasteiger partial charge is 0.410 e. The summed E-state index contributed by atoms with van der Waals surface area (Å²) in [5.74, 6) is 0. The molecule has 2 fully saturated rings. The van der Waals surface area contributed by atoms with Crippen LogP contribution in [0.3, 0.4) is 0 Å². The van der Waals surface area contributed by atoms with Gasteiger partial charge in [0.2, 0.25) is 0 Å². The van der Waals surface area contributed by atoms with Gasteiger partial charge in [0.05, 0.1) is 6.10 Å². The molecule has 0 bridgehead atoms. The molecule has 0 saturated carbocycles. The van der Waals surface area contributed by atoms with Gasteiger partial charge in [0, 0.05) is 31.7 Å². The van der Waals surface area contributed by atoms with Crippen molar-refractivity contribution in [1.29, 1.82) is 0 Å². The second-order valence-electron chi connectivity index (χ2n) is 6.52. The normalized spacial score (nSPS) is 25.5. The van der Waals surface area contributed by atoms with E-state index in [2.05, 4.69) is 0 Å². The molecule has 0 aliphatic carbocycles. The van der Waals surface area contributed by atoms with Crippen LogP contribution in [0.5, 0.6) is 0 Å². The average molecular weight is 293 g/mol. The van der Waals surface area contributed by atoms with Crippen molar-refractivity contribution in [2.24, 2.45) is 11.1 Å². The Hall–Kier alpha value is -0.520. The molecule has 0 aromatic rings. The van der Waals surface area contributed by atoms with Gasteiger partial charge in [0.25, 0.3) is 0 Å². The fourth-order valence-corrected chi connectivity index (χ4v) is 2.74. The molecule has 6 heteroatoms. The van der Waals surface area contributed by atoms with Crippen molar-refractivity contribution < 1.29 is 14.3 Å². The zero-order valence-electron chi connectivity index (χ0n) is 12.0.